The van der Waals surface area contributed by atoms with E-state index >= 15 is 0 Å². The number of carboxylic acid groups (broad SMARTS) is 1. The lowest BCUT2D eigenvalue weighted by atomic mass is 11.0. The number of ether oxygens (including phenoxy) is 1. The Balaban J connectivity index is 3.92. The molecule has 0 bridgehead atoms. The Bertz CT molecular complexity index is 148. The molecule has 0 aliphatic rings. The van der Waals surface area contributed by atoms with Crippen molar-refractivity contribution in [3.63, 3.8) is 0 Å². The minimum Gasteiger partial charge on any atom is -0.485 e. The second kappa shape index (κ2) is 2.95. The molecule has 0 fully saturated rings. The summed E-state index contributed by atoms with van der Waals surface area (Å²) in [6, 6.07) is -2.45. The maximum Gasteiger partial charge on any atom is 0.323 e. The first-order valence-corrected chi connectivity index (χ1v) is 1.63. The van der Waals surface area contributed by atoms with Gasteiger partial charge in [0.2, 0.25) is 0 Å². The van der Waals surface area contributed by atoms with Crippen LogP contribution in [-0.4, -0.2) is 6.16 Å². The lowest BCUT2D eigenvalue weighted by molar-refractivity contribution is -0.280. The van der Waals surface area contributed by atoms with Crippen LogP contribution in [0.2, 0.25) is 0 Å². The third-order valence-electron chi connectivity index (χ3n) is 0.322. The first kappa shape index (κ1) is 7.80. The topological polar surface area (TPSA) is 49.4 Å². The van der Waals surface area contributed by atoms with E-state index in [1.54, 1.807) is 0 Å². The van der Waals surface area contributed by atoms with Gasteiger partial charge >= 0.3 is 6.08 Å². The average molecular weight is 141 g/mol. The van der Waals surface area contributed by atoms with Crippen molar-refractivity contribution in [2.75, 3.05) is 0 Å². The Morgan fingerprint density at radius 3 is 1.89 bits per heavy atom. The standard InChI is InChI=1S/C3HF3O3/c4-1(5)2(6)9-3(7)8/h(H,7,8)/p-1. The number of rotatable bonds is 1. The minimum atomic E-state index is -2.83. The summed E-state index contributed by atoms with van der Waals surface area (Å²) >= 11 is 0. The van der Waals surface area contributed by atoms with Gasteiger partial charge in [-0.2, -0.15) is 13.2 Å². The normalized spacial score (nSPS) is 8.33. The Hall–Kier alpha value is -1.20. The van der Waals surface area contributed by atoms with Gasteiger partial charge in [-0.3, -0.25) is 0 Å². The molecule has 0 radical (unpaired) electrons. The first-order valence-electron chi connectivity index (χ1n) is 1.63. The van der Waals surface area contributed by atoms with Crippen LogP contribution < -0.4 is 5.11 Å². The Morgan fingerprint density at radius 2 is 1.78 bits per heavy atom. The second-order valence-electron chi connectivity index (χ2n) is 0.886. The SMILES string of the molecule is O=C([O-])OC(F)=C(F)F. The lowest BCUT2D eigenvalue weighted by Crippen LogP contribution is -2.22. The van der Waals surface area contributed by atoms with E-state index in [9.17, 15) is 23.1 Å². The number of carbonyl (C=O) groups excluding carboxylic acids is 1. The molecule has 0 unspecified atom stereocenters. The van der Waals surface area contributed by atoms with Crippen LogP contribution in [0.5, 0.6) is 0 Å². The van der Waals surface area contributed by atoms with Crippen LogP contribution in [0.15, 0.2) is 12.1 Å². The number of hydrogen-bond acceptors (Lipinski definition) is 3. The number of hydrogen-bond donors (Lipinski definition) is 0. The quantitative estimate of drug-likeness (QED) is 0.391. The third-order valence-corrected chi connectivity index (χ3v) is 0.322. The van der Waals surface area contributed by atoms with Crippen molar-refractivity contribution in [1.29, 1.82) is 0 Å². The molecule has 0 aromatic heterocycles. The second-order valence-corrected chi connectivity index (χ2v) is 0.886. The highest BCUT2D eigenvalue weighted by molar-refractivity contribution is 5.55. The van der Waals surface area contributed by atoms with Gasteiger partial charge < -0.3 is 14.6 Å². The molecular weight excluding hydrogens is 141 g/mol. The molecule has 0 saturated carbocycles. The molecule has 0 N–H and O–H groups in total. The van der Waals surface area contributed by atoms with E-state index in [1.807, 2.05) is 0 Å². The van der Waals surface area contributed by atoms with Crippen molar-refractivity contribution < 1.29 is 27.8 Å². The summed E-state index contributed by atoms with van der Waals surface area (Å²) in [7, 11) is 0. The summed E-state index contributed by atoms with van der Waals surface area (Å²) in [6.07, 6.45) is -5.19. The average Bonchev–Trinajstić information content (AvgIpc) is 1.63. The van der Waals surface area contributed by atoms with Gasteiger partial charge in [-0.1, -0.05) is 0 Å². The Labute approximate surface area is 47.3 Å². The van der Waals surface area contributed by atoms with Crippen LogP contribution in [0.25, 0.3) is 0 Å². The molecule has 52 valence electrons. The van der Waals surface area contributed by atoms with Gasteiger partial charge in [0.25, 0.3) is 12.2 Å². The van der Waals surface area contributed by atoms with Crippen molar-refractivity contribution in [2.24, 2.45) is 0 Å². The minimum absolute atomic E-state index is 2.36. The largest absolute Gasteiger partial charge is 0.485 e. The molecule has 0 aromatic rings. The van der Waals surface area contributed by atoms with Gasteiger partial charge in [0, 0.05) is 0 Å². The van der Waals surface area contributed by atoms with Gasteiger partial charge in [0.1, 0.15) is 0 Å². The molecule has 9 heavy (non-hydrogen) atoms. The molecule has 0 amide bonds. The van der Waals surface area contributed by atoms with Gasteiger partial charge in [-0.25, -0.2) is 0 Å². The molecule has 6 heteroatoms. The van der Waals surface area contributed by atoms with E-state index < -0.39 is 18.2 Å². The molecule has 0 aliphatic carbocycles. The maximum absolute atomic E-state index is 11.3. The molecule has 3 nitrogen and oxygen atoms in total. The summed E-state index contributed by atoms with van der Waals surface area (Å²) in [4.78, 5) is 9.17. The van der Waals surface area contributed by atoms with E-state index in [2.05, 4.69) is 4.74 Å². The smallest absolute Gasteiger partial charge is 0.323 e. The highest BCUT2D eigenvalue weighted by atomic mass is 19.3. The van der Waals surface area contributed by atoms with Crippen molar-refractivity contribution in [2.45, 2.75) is 0 Å². The van der Waals surface area contributed by atoms with Crippen LogP contribution in [0.1, 0.15) is 0 Å². The first-order chi connectivity index (χ1) is 4.04. The molecule has 0 heterocycles. The molecule has 0 spiro atoms. The van der Waals surface area contributed by atoms with Crippen LogP contribution in [0.4, 0.5) is 18.0 Å². The number of carbonyl (C=O) groups is 1. The van der Waals surface area contributed by atoms with Crippen LogP contribution >= 0.6 is 0 Å². The van der Waals surface area contributed by atoms with Gasteiger partial charge in [-0.15, -0.1) is 0 Å². The predicted octanol–water partition coefficient (Wildman–Crippen LogP) is 0.381. The summed E-state index contributed by atoms with van der Waals surface area (Å²) in [5.41, 5.74) is 0. The van der Waals surface area contributed by atoms with E-state index in [1.165, 1.54) is 0 Å². The molecule has 0 atom stereocenters. The maximum atomic E-state index is 11.3. The van der Waals surface area contributed by atoms with E-state index in [4.69, 9.17) is 0 Å². The van der Waals surface area contributed by atoms with Crippen molar-refractivity contribution >= 4 is 6.16 Å². The fourth-order valence-electron chi connectivity index (χ4n) is 0.112. The molecule has 0 rings (SSSR count). The van der Waals surface area contributed by atoms with E-state index in [0.717, 1.165) is 0 Å². The van der Waals surface area contributed by atoms with Crippen molar-refractivity contribution in [3.05, 3.63) is 12.1 Å². The highest BCUT2D eigenvalue weighted by Crippen LogP contribution is 2.09. The molecule has 0 saturated heterocycles. The third kappa shape index (κ3) is 3.39. The lowest BCUT2D eigenvalue weighted by Gasteiger charge is -2.00. The Morgan fingerprint density at radius 1 is 1.33 bits per heavy atom. The van der Waals surface area contributed by atoms with Crippen molar-refractivity contribution in [3.8, 4) is 0 Å². The monoisotopic (exact) mass is 141 g/mol. The zero-order valence-corrected chi connectivity index (χ0v) is 3.86. The summed E-state index contributed by atoms with van der Waals surface area (Å²) in [5.74, 6) is 0. The predicted molar refractivity (Wildman–Crippen MR) is 16.8 cm³/mol. The zero-order valence-electron chi connectivity index (χ0n) is 3.86. The van der Waals surface area contributed by atoms with Gasteiger partial charge in [0.15, 0.2) is 0 Å². The zero-order chi connectivity index (χ0) is 7.44. The molecular formula is C3F3O3-. The van der Waals surface area contributed by atoms with Gasteiger partial charge in [-0.05, 0) is 0 Å². The number of halogens is 3. The summed E-state index contributed by atoms with van der Waals surface area (Å²) in [5, 5.41) is 9.17. The summed E-state index contributed by atoms with van der Waals surface area (Å²) in [6.45, 7) is 0. The Kier molecular flexibility index (Phi) is 2.56. The fraction of sp³-hybridized carbons (Fsp3) is 0. The van der Waals surface area contributed by atoms with E-state index in [-0.39, 0.29) is 0 Å². The molecule has 0 aromatic carbocycles. The highest BCUT2D eigenvalue weighted by Gasteiger charge is 2.01. The van der Waals surface area contributed by atoms with Crippen LogP contribution in [-0.2, 0) is 4.74 Å². The van der Waals surface area contributed by atoms with Crippen molar-refractivity contribution in [1.82, 2.24) is 0 Å². The summed E-state index contributed by atoms with van der Waals surface area (Å²) < 4.78 is 35.8. The van der Waals surface area contributed by atoms with Gasteiger partial charge in [0.05, 0.1) is 0 Å². The fourth-order valence-corrected chi connectivity index (χ4v) is 0.112. The van der Waals surface area contributed by atoms with E-state index in [0.29, 0.717) is 0 Å². The molecule has 0 aliphatic heterocycles. The van der Waals surface area contributed by atoms with Crippen LogP contribution in [0.3, 0.4) is 0 Å². The van der Waals surface area contributed by atoms with Crippen LogP contribution in [0, 0.1) is 0 Å².